The molecule has 2 atom stereocenters. The zero-order chi connectivity index (χ0) is 16.8. The molecule has 2 heterocycles. The fraction of sp³-hybridized carbons (Fsp3) is 0.333. The summed E-state index contributed by atoms with van der Waals surface area (Å²) in [5.74, 6) is 4.27. The number of benzene rings is 2. The van der Waals surface area contributed by atoms with Crippen LogP contribution in [0, 0.1) is 5.75 Å². The Morgan fingerprint density at radius 2 is 1.88 bits per heavy atom. The normalized spacial score (nSPS) is 24.0. The van der Waals surface area contributed by atoms with Gasteiger partial charge >= 0.3 is 0 Å². The van der Waals surface area contributed by atoms with Crippen LogP contribution in [0.25, 0.3) is 10.9 Å². The number of fused-ring (bicyclic) bond motifs is 1. The SMILES string of the molecule is CC1[CH]SCC(c2ccc(C3CC3)cc2)N1c1ccc2cn[nH]c2c1. The summed E-state index contributed by atoms with van der Waals surface area (Å²) >= 11 is 1.95. The van der Waals surface area contributed by atoms with Crippen molar-refractivity contribution >= 4 is 28.4 Å². The zero-order valence-electron chi connectivity index (χ0n) is 14.4. The molecule has 2 unspecified atom stereocenters. The number of thioether (sulfide) groups is 1. The topological polar surface area (TPSA) is 31.9 Å². The number of aromatic nitrogens is 2. The number of hydrogen-bond donors (Lipinski definition) is 1. The van der Waals surface area contributed by atoms with Gasteiger partial charge in [0.05, 0.1) is 17.8 Å². The number of anilines is 1. The van der Waals surface area contributed by atoms with Crippen LogP contribution >= 0.6 is 11.8 Å². The van der Waals surface area contributed by atoms with Gasteiger partial charge in [0, 0.05) is 28.6 Å². The molecule has 2 aliphatic rings. The Kier molecular flexibility index (Phi) is 3.74. The molecule has 0 bridgehead atoms. The summed E-state index contributed by atoms with van der Waals surface area (Å²) in [6, 6.07) is 16.8. The first-order valence-electron chi connectivity index (χ1n) is 9.06. The van der Waals surface area contributed by atoms with Gasteiger partial charge in [0.2, 0.25) is 0 Å². The molecule has 1 radical (unpaired) electrons. The van der Waals surface area contributed by atoms with Crippen molar-refractivity contribution in [1.29, 1.82) is 0 Å². The van der Waals surface area contributed by atoms with Gasteiger partial charge in [-0.3, -0.25) is 5.10 Å². The average molecular weight is 348 g/mol. The molecular weight excluding hydrogens is 326 g/mol. The fourth-order valence-electron chi connectivity index (χ4n) is 3.88. The summed E-state index contributed by atoms with van der Waals surface area (Å²) in [6.45, 7) is 2.29. The number of aromatic amines is 1. The molecule has 1 saturated carbocycles. The predicted molar refractivity (Wildman–Crippen MR) is 106 cm³/mol. The van der Waals surface area contributed by atoms with Crippen molar-refractivity contribution in [3.8, 4) is 0 Å². The van der Waals surface area contributed by atoms with Gasteiger partial charge in [0.15, 0.2) is 0 Å². The van der Waals surface area contributed by atoms with E-state index in [4.69, 9.17) is 0 Å². The highest BCUT2D eigenvalue weighted by Gasteiger charge is 2.31. The third-order valence-corrected chi connectivity index (χ3v) is 6.51. The molecule has 1 aliphatic heterocycles. The van der Waals surface area contributed by atoms with Crippen LogP contribution in [-0.4, -0.2) is 22.0 Å². The van der Waals surface area contributed by atoms with Crippen LogP contribution in [0.3, 0.4) is 0 Å². The maximum atomic E-state index is 4.16. The van der Waals surface area contributed by atoms with Gasteiger partial charge in [-0.15, -0.1) is 0 Å². The average Bonchev–Trinajstić information content (AvgIpc) is 3.39. The van der Waals surface area contributed by atoms with Crippen molar-refractivity contribution in [2.75, 3.05) is 10.7 Å². The summed E-state index contributed by atoms with van der Waals surface area (Å²) in [7, 11) is 0. The third-order valence-electron chi connectivity index (χ3n) is 5.42. The first-order chi connectivity index (χ1) is 12.3. The first kappa shape index (κ1) is 15.3. The molecule has 2 fully saturated rings. The van der Waals surface area contributed by atoms with Crippen LogP contribution in [0.2, 0.25) is 0 Å². The molecule has 127 valence electrons. The number of rotatable bonds is 3. The van der Waals surface area contributed by atoms with Gasteiger partial charge in [0.1, 0.15) is 0 Å². The van der Waals surface area contributed by atoms with Gasteiger partial charge in [-0.25, -0.2) is 0 Å². The molecule has 1 aromatic heterocycles. The lowest BCUT2D eigenvalue weighted by molar-refractivity contribution is 0.617. The van der Waals surface area contributed by atoms with Gasteiger partial charge in [0.25, 0.3) is 0 Å². The Labute approximate surface area is 152 Å². The predicted octanol–water partition coefficient (Wildman–Crippen LogP) is 5.29. The smallest absolute Gasteiger partial charge is 0.0670 e. The highest BCUT2D eigenvalue weighted by molar-refractivity contribution is 8.01. The number of nitrogens with one attached hydrogen (secondary N) is 1. The largest absolute Gasteiger partial charge is 0.360 e. The molecule has 0 spiro atoms. The van der Waals surface area contributed by atoms with E-state index in [0.717, 1.165) is 22.6 Å². The first-order valence-corrected chi connectivity index (χ1v) is 10.1. The Morgan fingerprint density at radius 1 is 1.08 bits per heavy atom. The molecule has 2 aromatic carbocycles. The molecule has 0 amide bonds. The van der Waals surface area contributed by atoms with Crippen molar-refractivity contribution < 1.29 is 0 Å². The van der Waals surface area contributed by atoms with E-state index in [-0.39, 0.29) is 0 Å². The van der Waals surface area contributed by atoms with E-state index in [1.807, 2.05) is 18.0 Å². The van der Waals surface area contributed by atoms with E-state index < -0.39 is 0 Å². The van der Waals surface area contributed by atoms with E-state index in [9.17, 15) is 0 Å². The Hall–Kier alpha value is -1.94. The lowest BCUT2D eigenvalue weighted by atomic mass is 10.0. The summed E-state index contributed by atoms with van der Waals surface area (Å²) < 4.78 is 0. The van der Waals surface area contributed by atoms with Gasteiger partial charge in [-0.2, -0.15) is 16.9 Å². The van der Waals surface area contributed by atoms with Crippen LogP contribution in [0.1, 0.15) is 42.9 Å². The second-order valence-electron chi connectivity index (χ2n) is 7.22. The number of nitrogens with zero attached hydrogens (tertiary/aromatic N) is 2. The standard InChI is InChI=1S/C21H22N3S/c1-14-12-25-13-21(17-6-4-16(5-7-17)15-2-3-15)24(14)19-9-8-18-11-22-23-20(18)10-19/h4-12,14-15,21H,2-3,13H2,1H3,(H,22,23). The second-order valence-corrected chi connectivity index (χ2v) is 8.15. The van der Waals surface area contributed by atoms with Crippen LogP contribution in [-0.2, 0) is 0 Å². The Morgan fingerprint density at radius 3 is 2.68 bits per heavy atom. The van der Waals surface area contributed by atoms with Crippen LogP contribution in [0.4, 0.5) is 5.69 Å². The van der Waals surface area contributed by atoms with Crippen molar-refractivity contribution in [2.45, 2.75) is 37.8 Å². The molecule has 3 nitrogen and oxygen atoms in total. The number of H-pyrrole nitrogens is 1. The van der Waals surface area contributed by atoms with Gasteiger partial charge in [-0.05, 0) is 55.0 Å². The van der Waals surface area contributed by atoms with Gasteiger partial charge in [-0.1, -0.05) is 24.3 Å². The van der Waals surface area contributed by atoms with Crippen molar-refractivity contribution in [3.63, 3.8) is 0 Å². The lowest BCUT2D eigenvalue weighted by Gasteiger charge is -2.42. The molecule has 1 N–H and O–H groups in total. The maximum absolute atomic E-state index is 4.16. The summed E-state index contributed by atoms with van der Waals surface area (Å²) in [4.78, 5) is 2.54. The summed E-state index contributed by atoms with van der Waals surface area (Å²) in [6.07, 6.45) is 4.61. The van der Waals surface area contributed by atoms with Crippen LogP contribution < -0.4 is 4.90 Å². The quantitative estimate of drug-likeness (QED) is 0.698. The highest BCUT2D eigenvalue weighted by atomic mass is 32.2. The Balaban J connectivity index is 1.51. The Bertz CT molecular complexity index is 882. The van der Waals surface area contributed by atoms with E-state index in [1.54, 1.807) is 0 Å². The molecule has 1 saturated heterocycles. The monoisotopic (exact) mass is 348 g/mol. The lowest BCUT2D eigenvalue weighted by Crippen LogP contribution is -2.41. The summed E-state index contributed by atoms with van der Waals surface area (Å²) in [5, 5.41) is 8.43. The molecule has 1 aliphatic carbocycles. The van der Waals surface area contributed by atoms with E-state index >= 15 is 0 Å². The van der Waals surface area contributed by atoms with E-state index in [0.29, 0.717) is 12.1 Å². The molecule has 25 heavy (non-hydrogen) atoms. The van der Waals surface area contributed by atoms with Crippen molar-refractivity contribution in [3.05, 3.63) is 65.5 Å². The van der Waals surface area contributed by atoms with E-state index in [1.165, 1.54) is 29.7 Å². The minimum Gasteiger partial charge on any atom is -0.360 e. The second kappa shape index (κ2) is 6.10. The molecule has 5 rings (SSSR count). The number of hydrogen-bond acceptors (Lipinski definition) is 3. The zero-order valence-corrected chi connectivity index (χ0v) is 15.2. The van der Waals surface area contributed by atoms with Crippen LogP contribution in [0.15, 0.2) is 48.7 Å². The summed E-state index contributed by atoms with van der Waals surface area (Å²) in [5.41, 5.74) is 5.29. The maximum Gasteiger partial charge on any atom is 0.0670 e. The van der Waals surface area contributed by atoms with E-state index in [2.05, 4.69) is 70.2 Å². The minimum absolute atomic E-state index is 0.396. The van der Waals surface area contributed by atoms with Gasteiger partial charge < -0.3 is 4.90 Å². The fourth-order valence-corrected chi connectivity index (χ4v) is 4.94. The highest BCUT2D eigenvalue weighted by Crippen LogP contribution is 2.42. The van der Waals surface area contributed by atoms with Crippen molar-refractivity contribution in [1.82, 2.24) is 10.2 Å². The molecular formula is C21H22N3S. The van der Waals surface area contributed by atoms with Crippen LogP contribution in [0.5, 0.6) is 0 Å². The minimum atomic E-state index is 0.396. The molecule has 3 aromatic rings. The molecule has 4 heteroatoms. The third kappa shape index (κ3) is 2.82. The van der Waals surface area contributed by atoms with Crippen molar-refractivity contribution in [2.24, 2.45) is 0 Å².